The third-order valence-corrected chi connectivity index (χ3v) is 23.6. The number of likely N-dealkylation sites (N-methyl/N-ethyl adjacent to an activating group) is 1. The number of aliphatic carboxylic acids is 4. The van der Waals surface area contributed by atoms with Crippen LogP contribution in [-0.2, 0) is 30.4 Å². The van der Waals surface area contributed by atoms with Gasteiger partial charge in [0.25, 0.3) is 0 Å². The Hall–Kier alpha value is -3.90. The summed E-state index contributed by atoms with van der Waals surface area (Å²) in [7, 11) is 4.43. The van der Waals surface area contributed by atoms with Crippen LogP contribution < -0.4 is 10.6 Å². The maximum Gasteiger partial charge on any atom is 0.310 e. The molecule has 9 N–H and O–H groups in total. The SMILES string of the molecule is CC(C)(C)C1(C(=O)O)CC1.CC(C)(C)C1CCC(C(=O)O)CC1.CC(C)(C)C1CN2CCC1CC2.CC(C)(C)C1CNCC1O.CC(C)(C)CC(O)CC(=O)O.CC(C)(C)CCCC(=O)O.CC(C)(C)CCN1CCNC(=O)C1.CC(C)(C)Cc1nn[nH]n1.CN1CCC(C(C)(C)C)CC1.CN1CCN(CCC(C)(C)C)CC1. The zero-order valence-corrected chi connectivity index (χ0v) is 79.0. The molecule has 0 aromatic carbocycles. The van der Waals surface area contributed by atoms with Crippen LogP contribution >= 0.6 is 0 Å². The minimum absolute atomic E-state index is 0.00509. The Morgan fingerprint density at radius 2 is 0.991 bits per heavy atom. The molecule has 0 radical (unpaired) electrons. The number of hydrogen-bond donors (Lipinski definition) is 9. The molecular formula is C91H181N11O11. The van der Waals surface area contributed by atoms with Crippen LogP contribution in [0.4, 0.5) is 0 Å². The third-order valence-electron chi connectivity index (χ3n) is 23.6. The maximum absolute atomic E-state index is 11.0. The lowest BCUT2D eigenvalue weighted by Crippen LogP contribution is -2.51. The van der Waals surface area contributed by atoms with Gasteiger partial charge < -0.3 is 60.9 Å². The number of piperazine rings is 2. The van der Waals surface area contributed by atoms with Gasteiger partial charge >= 0.3 is 23.9 Å². The van der Waals surface area contributed by atoms with E-state index in [0.717, 1.165) is 121 Å². The largest absolute Gasteiger partial charge is 0.481 e. The van der Waals surface area contributed by atoms with Gasteiger partial charge in [0.1, 0.15) is 0 Å². The van der Waals surface area contributed by atoms with Crippen molar-refractivity contribution in [2.24, 2.45) is 95.1 Å². The molecule has 4 atom stereocenters. The summed E-state index contributed by atoms with van der Waals surface area (Å²) in [5.74, 6) is 2.09. The van der Waals surface area contributed by atoms with Crippen molar-refractivity contribution in [3.8, 4) is 0 Å². The normalized spacial score (nSPS) is 23.6. The van der Waals surface area contributed by atoms with E-state index < -0.39 is 35.4 Å². The number of aromatic nitrogens is 4. The summed E-state index contributed by atoms with van der Waals surface area (Å²) in [5, 5.41) is 72.5. The number of fused-ring (bicyclic) bond motifs is 3. The number of H-pyrrole nitrogens is 1. The van der Waals surface area contributed by atoms with E-state index in [1.54, 1.807) is 0 Å². The lowest BCUT2D eigenvalue weighted by molar-refractivity contribution is -0.148. The van der Waals surface area contributed by atoms with Crippen LogP contribution in [0.3, 0.4) is 0 Å². The summed E-state index contributed by atoms with van der Waals surface area (Å²) in [6.45, 7) is 84.0. The topological polar surface area (TPSA) is 301 Å². The average Bonchev–Trinajstić information content (AvgIpc) is 1.60. The van der Waals surface area contributed by atoms with Crippen molar-refractivity contribution in [3.05, 3.63) is 5.82 Å². The number of carboxylic acid groups (broad SMARTS) is 4. The predicted octanol–water partition coefficient (Wildman–Crippen LogP) is 17.0. The van der Waals surface area contributed by atoms with Gasteiger partial charge in [-0.15, -0.1) is 10.2 Å². The number of likely N-dealkylation sites (tertiary alicyclic amines) is 1. The number of carbonyl (C=O) groups excluding carboxylic acids is 1. The third kappa shape index (κ3) is 52.6. The first-order chi connectivity index (χ1) is 51.1. The number of aromatic amines is 1. The smallest absolute Gasteiger partial charge is 0.310 e. The molecule has 7 aliphatic heterocycles. The number of aliphatic hydroxyl groups is 2. The van der Waals surface area contributed by atoms with E-state index in [2.05, 4.69) is 236 Å². The van der Waals surface area contributed by atoms with Gasteiger partial charge in [-0.2, -0.15) is 5.21 Å². The molecule has 8 heterocycles. The standard InChI is InChI=1S/C11H24N2.C11H21N.C11H20O2.C10H20N2O.C10H21N.C8H17NO.C8H16O3.C8H14O2.C8H16O2.C6H12N4/c1-11(2,3)5-6-13-9-7-12(4)8-10-13;1-11(2,3)10-8-12-6-4-9(10)5-7-12;1-11(2,3)9-6-4-8(5-7-9)10(12)13;1-10(2,3)4-6-12-7-5-11-9(13)8-12;1-10(2,3)9-5-7-11(4)8-6-9;1-8(2,3)6-4-9-5-7(6)10;1-8(2,3)5-6(9)4-7(10)11;1-7(2,3)8(4-5-8)6(9)10;1-8(2,3)6-4-5-7(9)10;1-6(2,3)4-5-7-9-10-8-5/h5-10H2,1-4H3;9-10H,4-8H2,1-3H3;8-9H,4-7H2,1-3H3,(H,12,13);4-8H2,1-3H3,(H,11,13);9H,5-8H2,1-4H3;6-7,9-10H,4-5H2,1-3H3;6,9H,4-5H2,1-3H3,(H,10,11);4-5H2,1-3H3,(H,9,10);4-6H2,1-3H3,(H,9,10);4H2,1-3H3,(H,7,8,9,10). The van der Waals surface area contributed by atoms with Crippen molar-refractivity contribution in [2.45, 2.75) is 335 Å². The number of nitrogens with one attached hydrogen (secondary N) is 3. The van der Waals surface area contributed by atoms with Gasteiger partial charge in [0, 0.05) is 77.7 Å². The number of carbonyl (C=O) groups is 5. The Bertz CT molecular complexity index is 2750. The lowest BCUT2D eigenvalue weighted by atomic mass is 9.67. The van der Waals surface area contributed by atoms with Crippen molar-refractivity contribution in [1.82, 2.24) is 55.8 Å². The molecular weight excluding hydrogens is 1420 g/mol. The molecule has 1 aromatic rings. The summed E-state index contributed by atoms with van der Waals surface area (Å²) in [5.41, 5.74) is 2.55. The number of rotatable bonds is 13. The van der Waals surface area contributed by atoms with E-state index in [0.29, 0.717) is 58.3 Å². The average molecular weight is 1610 g/mol. The maximum atomic E-state index is 11.0. The number of amides is 1. The second kappa shape index (κ2) is 49.0. The van der Waals surface area contributed by atoms with Gasteiger partial charge in [-0.05, 0) is 227 Å². The Morgan fingerprint density at radius 3 is 1.30 bits per heavy atom. The summed E-state index contributed by atoms with van der Waals surface area (Å²) < 4.78 is 0. The highest BCUT2D eigenvalue weighted by molar-refractivity contribution is 5.79. The van der Waals surface area contributed by atoms with Gasteiger partial charge in [0.2, 0.25) is 5.91 Å². The molecule has 22 heteroatoms. The fourth-order valence-electron chi connectivity index (χ4n) is 15.4. The highest BCUT2D eigenvalue weighted by Crippen LogP contribution is 2.58. The summed E-state index contributed by atoms with van der Waals surface area (Å²) in [4.78, 5) is 65.0. The van der Waals surface area contributed by atoms with Gasteiger partial charge in [-0.1, -0.05) is 213 Å². The molecule has 7 saturated heterocycles. The van der Waals surface area contributed by atoms with Crippen LogP contribution in [0.1, 0.15) is 323 Å². The van der Waals surface area contributed by atoms with E-state index in [1.807, 2.05) is 41.5 Å². The molecule has 113 heavy (non-hydrogen) atoms. The first-order valence-corrected chi connectivity index (χ1v) is 43.6. The molecule has 1 amide bonds. The molecule has 9 aliphatic rings. The minimum atomic E-state index is -0.943. The molecule has 2 bridgehead atoms. The zero-order valence-electron chi connectivity index (χ0n) is 79.0. The summed E-state index contributed by atoms with van der Waals surface area (Å²) in [6.07, 6.45) is 16.2. The van der Waals surface area contributed by atoms with Crippen LogP contribution in [0.2, 0.25) is 0 Å². The molecule has 0 spiro atoms. The van der Waals surface area contributed by atoms with Gasteiger partial charge in [0.05, 0.1) is 36.5 Å². The Balaban J connectivity index is 0.00000124. The van der Waals surface area contributed by atoms with E-state index in [-0.39, 0.29) is 51.4 Å². The van der Waals surface area contributed by atoms with E-state index in [4.69, 9.17) is 20.4 Å². The quantitative estimate of drug-likeness (QED) is 0.0886. The molecule has 2 saturated carbocycles. The van der Waals surface area contributed by atoms with Gasteiger partial charge in [-0.3, -0.25) is 28.9 Å². The van der Waals surface area contributed by atoms with Crippen LogP contribution in [-0.4, -0.2) is 237 Å². The summed E-state index contributed by atoms with van der Waals surface area (Å²) >= 11 is 0. The van der Waals surface area contributed by atoms with Crippen molar-refractivity contribution in [1.29, 1.82) is 0 Å². The van der Waals surface area contributed by atoms with Crippen molar-refractivity contribution >= 4 is 29.8 Å². The highest BCUT2D eigenvalue weighted by atomic mass is 16.4. The number of aliphatic hydroxyl groups excluding tert-OH is 2. The van der Waals surface area contributed by atoms with Crippen LogP contribution in [0.25, 0.3) is 0 Å². The van der Waals surface area contributed by atoms with Gasteiger partial charge in [0.15, 0.2) is 5.82 Å². The van der Waals surface area contributed by atoms with Crippen LogP contribution in [0.15, 0.2) is 0 Å². The monoisotopic (exact) mass is 1600 g/mol. The number of tetrazole rings is 1. The first kappa shape index (κ1) is 109. The molecule has 2 aliphatic carbocycles. The first-order valence-electron chi connectivity index (χ1n) is 43.6. The molecule has 9 fully saturated rings. The number of piperidine rings is 4. The lowest BCUT2D eigenvalue weighted by Gasteiger charge is -2.50. The van der Waals surface area contributed by atoms with Crippen molar-refractivity contribution in [2.75, 3.05) is 119 Å². The highest BCUT2D eigenvalue weighted by Gasteiger charge is 2.58. The Kier molecular flexibility index (Phi) is 47.3. The second-order valence-electron chi connectivity index (χ2n) is 45.9. The fraction of sp³-hybridized carbons (Fsp3) is 0.934. The van der Waals surface area contributed by atoms with E-state index in [1.165, 1.54) is 97.6 Å². The fourth-order valence-corrected chi connectivity index (χ4v) is 15.4. The van der Waals surface area contributed by atoms with Crippen molar-refractivity contribution < 1.29 is 54.6 Å². The molecule has 666 valence electrons. The predicted molar refractivity (Wildman–Crippen MR) is 467 cm³/mol. The second-order valence-corrected chi connectivity index (χ2v) is 45.9. The zero-order chi connectivity index (χ0) is 87.8. The van der Waals surface area contributed by atoms with Crippen molar-refractivity contribution in [3.63, 3.8) is 0 Å². The Morgan fingerprint density at radius 1 is 0.522 bits per heavy atom. The van der Waals surface area contributed by atoms with E-state index in [9.17, 15) is 34.2 Å². The molecule has 10 rings (SSSR count). The van der Waals surface area contributed by atoms with E-state index >= 15 is 0 Å². The Labute approximate surface area is 692 Å². The number of nitrogens with zero attached hydrogens (tertiary/aromatic N) is 8. The minimum Gasteiger partial charge on any atom is -0.481 e. The van der Waals surface area contributed by atoms with Crippen LogP contribution in [0, 0.1) is 95.1 Å². The number of hydrogen-bond acceptors (Lipinski definition) is 16. The number of β-amino-alcohol motifs (C(OH)–C–C–N with tert-alkyl or cyclic N) is 1. The van der Waals surface area contributed by atoms with Crippen LogP contribution in [0.5, 0.6) is 0 Å². The molecule has 22 nitrogen and oxygen atoms in total. The number of carboxylic acids is 4. The molecule has 1 aromatic heterocycles. The summed E-state index contributed by atoms with van der Waals surface area (Å²) in [6, 6.07) is 0. The molecule has 4 unspecified atom stereocenters. The van der Waals surface area contributed by atoms with Gasteiger partial charge in [-0.25, -0.2) is 0 Å².